The molecule has 0 radical (unpaired) electrons. The van der Waals surface area contributed by atoms with E-state index in [1.807, 2.05) is 20.8 Å². The Bertz CT molecular complexity index is 777. The molecule has 0 aromatic carbocycles. The second-order valence-corrected chi connectivity index (χ2v) is 18.9. The number of carbonyl (C=O) groups is 1. The Labute approximate surface area is 226 Å². The van der Waals surface area contributed by atoms with Gasteiger partial charge in [0.15, 0.2) is 13.9 Å². The first-order valence-corrected chi connectivity index (χ1v) is 17.7. The molecule has 0 bridgehead atoms. The maximum atomic E-state index is 13.0. The highest BCUT2D eigenvalue weighted by Crippen LogP contribution is 2.59. The minimum absolute atomic E-state index is 0.142. The molecule has 0 amide bonds. The average Bonchev–Trinajstić information content (AvgIpc) is 3.29. The largest absolute Gasteiger partial charge is 0.433 e. The van der Waals surface area contributed by atoms with Crippen LogP contribution in [0.3, 0.4) is 0 Å². The van der Waals surface area contributed by atoms with Crippen LogP contribution in [-0.2, 0) is 28.2 Å². The van der Waals surface area contributed by atoms with Gasteiger partial charge in [-0.3, -0.25) is 0 Å². The van der Waals surface area contributed by atoms with E-state index in [1.54, 1.807) is 14.0 Å². The number of methoxy groups -OCH3 is 1. The SMILES string of the molecule is COCOC[C@H](C[C@@H](C)[C@H]1CCC2[C@@H](O[Si](C)(C)C)CCC[C@@]21C)C(O)[C@@]1(C)O[C@H](C(C)(C)C)OC1=O. The van der Waals surface area contributed by atoms with Crippen molar-refractivity contribution in [2.75, 3.05) is 20.5 Å². The van der Waals surface area contributed by atoms with E-state index >= 15 is 0 Å². The van der Waals surface area contributed by atoms with Crippen LogP contribution >= 0.6 is 0 Å². The normalized spacial score (nSPS) is 37.2. The van der Waals surface area contributed by atoms with E-state index in [0.717, 1.165) is 6.42 Å². The van der Waals surface area contributed by atoms with Crippen molar-refractivity contribution in [2.24, 2.45) is 34.5 Å². The Kier molecular flexibility index (Phi) is 9.67. The summed E-state index contributed by atoms with van der Waals surface area (Å²) in [5.74, 6) is 0.685. The average molecular weight is 543 g/mol. The minimum atomic E-state index is -1.61. The molecule has 2 unspecified atom stereocenters. The van der Waals surface area contributed by atoms with Crippen molar-refractivity contribution in [3.8, 4) is 0 Å². The molecule has 1 saturated heterocycles. The van der Waals surface area contributed by atoms with Gasteiger partial charge in [0.1, 0.15) is 6.79 Å². The Balaban J connectivity index is 1.77. The van der Waals surface area contributed by atoms with Crippen LogP contribution in [0.2, 0.25) is 19.6 Å². The third kappa shape index (κ3) is 6.80. The number of aliphatic hydroxyl groups excluding tert-OH is 1. The van der Waals surface area contributed by atoms with Crippen LogP contribution in [0.5, 0.6) is 0 Å². The summed E-state index contributed by atoms with van der Waals surface area (Å²) in [4.78, 5) is 13.0. The molecule has 0 spiro atoms. The Morgan fingerprint density at radius 2 is 1.84 bits per heavy atom. The number of esters is 1. The van der Waals surface area contributed by atoms with Crippen LogP contribution in [0.4, 0.5) is 0 Å². The fourth-order valence-electron chi connectivity index (χ4n) is 7.41. The van der Waals surface area contributed by atoms with Crippen molar-refractivity contribution in [3.63, 3.8) is 0 Å². The van der Waals surface area contributed by atoms with Gasteiger partial charge in [-0.05, 0) is 81.8 Å². The zero-order valence-electron chi connectivity index (χ0n) is 25.1. The fourth-order valence-corrected chi connectivity index (χ4v) is 8.60. The lowest BCUT2D eigenvalue weighted by atomic mass is 9.61. The maximum absolute atomic E-state index is 13.0. The third-order valence-corrected chi connectivity index (χ3v) is 10.2. The first-order valence-electron chi connectivity index (χ1n) is 14.3. The molecule has 1 aliphatic heterocycles. The highest BCUT2D eigenvalue weighted by Gasteiger charge is 2.58. The number of carbonyl (C=O) groups excluding carboxylic acids is 1. The second-order valence-electron chi connectivity index (χ2n) is 14.5. The number of cyclic esters (lactones) is 1. The highest BCUT2D eigenvalue weighted by atomic mass is 28.4. The number of ether oxygens (including phenoxy) is 4. The summed E-state index contributed by atoms with van der Waals surface area (Å²) >= 11 is 0. The van der Waals surface area contributed by atoms with E-state index in [2.05, 4.69) is 33.5 Å². The van der Waals surface area contributed by atoms with Crippen molar-refractivity contribution in [1.29, 1.82) is 0 Å². The van der Waals surface area contributed by atoms with Crippen molar-refractivity contribution < 1.29 is 33.3 Å². The zero-order chi connectivity index (χ0) is 27.8. The van der Waals surface area contributed by atoms with Gasteiger partial charge in [-0.1, -0.05) is 41.0 Å². The standard InChI is InChI=1S/C29H54O7Si/c1-19(21-13-14-22-23(36-37(8,9)10)12-11-15-28(21,22)5)16-20(17-33-18-32-7)24(30)29(6)25(31)34-26(35-29)27(2,3)4/h19-24,26,30H,11-18H2,1-10H3/t19-,20+,21-,22?,23+,24?,26-,28-,29-/m1/s1. The molecule has 37 heavy (non-hydrogen) atoms. The molecule has 0 aromatic heterocycles. The Morgan fingerprint density at radius 3 is 2.41 bits per heavy atom. The van der Waals surface area contributed by atoms with E-state index in [0.29, 0.717) is 30.5 Å². The molecule has 3 rings (SSSR count). The summed E-state index contributed by atoms with van der Waals surface area (Å²) < 4.78 is 29.3. The number of fused-ring (bicyclic) bond motifs is 1. The summed E-state index contributed by atoms with van der Waals surface area (Å²) in [6.07, 6.45) is 5.35. The van der Waals surface area contributed by atoms with Gasteiger partial charge >= 0.3 is 5.97 Å². The lowest BCUT2D eigenvalue weighted by Crippen LogP contribution is -2.51. The van der Waals surface area contributed by atoms with Gasteiger partial charge in [0.25, 0.3) is 0 Å². The van der Waals surface area contributed by atoms with E-state index < -0.39 is 32.3 Å². The van der Waals surface area contributed by atoms with Crippen LogP contribution in [0.25, 0.3) is 0 Å². The molecule has 9 atom stereocenters. The molecule has 2 aliphatic carbocycles. The van der Waals surface area contributed by atoms with Gasteiger partial charge in [-0.15, -0.1) is 0 Å². The molecule has 216 valence electrons. The lowest BCUT2D eigenvalue weighted by molar-refractivity contribution is -0.180. The third-order valence-electron chi connectivity index (χ3n) is 9.22. The number of hydrogen-bond donors (Lipinski definition) is 1. The predicted molar refractivity (Wildman–Crippen MR) is 146 cm³/mol. The molecular weight excluding hydrogens is 488 g/mol. The molecule has 3 fully saturated rings. The van der Waals surface area contributed by atoms with Crippen LogP contribution < -0.4 is 0 Å². The van der Waals surface area contributed by atoms with Gasteiger partial charge in [0, 0.05) is 24.5 Å². The summed E-state index contributed by atoms with van der Waals surface area (Å²) in [5.41, 5.74) is -1.58. The number of aliphatic hydroxyl groups is 1. The van der Waals surface area contributed by atoms with Gasteiger partial charge in [0.05, 0.1) is 12.7 Å². The Morgan fingerprint density at radius 1 is 1.16 bits per heavy atom. The van der Waals surface area contributed by atoms with E-state index in [4.69, 9.17) is 23.4 Å². The first kappa shape index (κ1) is 31.0. The maximum Gasteiger partial charge on any atom is 0.343 e. The molecular formula is C29H54O7Si. The topological polar surface area (TPSA) is 83.5 Å². The van der Waals surface area contributed by atoms with Crippen molar-refractivity contribution in [1.82, 2.24) is 0 Å². The molecule has 2 saturated carbocycles. The van der Waals surface area contributed by atoms with Crippen molar-refractivity contribution >= 4 is 14.3 Å². The van der Waals surface area contributed by atoms with E-state index in [-0.39, 0.29) is 23.5 Å². The quantitative estimate of drug-likeness (QED) is 0.154. The van der Waals surface area contributed by atoms with Gasteiger partial charge in [-0.25, -0.2) is 4.79 Å². The number of rotatable bonds is 11. The van der Waals surface area contributed by atoms with Crippen molar-refractivity contribution in [3.05, 3.63) is 0 Å². The number of hydrogen-bond acceptors (Lipinski definition) is 7. The fraction of sp³-hybridized carbons (Fsp3) is 0.966. The summed E-state index contributed by atoms with van der Waals surface area (Å²) in [5, 5.41) is 11.6. The Hall–Kier alpha value is -0.513. The molecule has 1 heterocycles. The first-order chi connectivity index (χ1) is 17.0. The zero-order valence-corrected chi connectivity index (χ0v) is 26.1. The van der Waals surface area contributed by atoms with E-state index in [9.17, 15) is 9.90 Å². The molecule has 1 N–H and O–H groups in total. The minimum Gasteiger partial charge on any atom is -0.433 e. The predicted octanol–water partition coefficient (Wildman–Crippen LogP) is 5.75. The van der Waals surface area contributed by atoms with Gasteiger partial charge in [-0.2, -0.15) is 0 Å². The van der Waals surface area contributed by atoms with Crippen LogP contribution in [0.15, 0.2) is 0 Å². The summed E-state index contributed by atoms with van der Waals surface area (Å²) in [6.45, 7) is 19.6. The van der Waals surface area contributed by atoms with Crippen LogP contribution in [-0.4, -0.2) is 64.0 Å². The van der Waals surface area contributed by atoms with E-state index in [1.165, 1.54) is 32.1 Å². The highest BCUT2D eigenvalue weighted by molar-refractivity contribution is 6.69. The summed E-state index contributed by atoms with van der Waals surface area (Å²) in [7, 11) is -0.0293. The smallest absolute Gasteiger partial charge is 0.343 e. The van der Waals surface area contributed by atoms with Crippen LogP contribution in [0, 0.1) is 34.5 Å². The van der Waals surface area contributed by atoms with Gasteiger partial charge in [0.2, 0.25) is 6.29 Å². The molecule has 8 heteroatoms. The molecule has 0 aromatic rings. The monoisotopic (exact) mass is 542 g/mol. The van der Waals surface area contributed by atoms with Crippen molar-refractivity contribution in [2.45, 2.75) is 124 Å². The summed E-state index contributed by atoms with van der Waals surface area (Å²) in [6, 6.07) is 0. The van der Waals surface area contributed by atoms with Crippen LogP contribution in [0.1, 0.15) is 80.1 Å². The van der Waals surface area contributed by atoms with Gasteiger partial charge < -0.3 is 28.5 Å². The molecule has 7 nitrogen and oxygen atoms in total. The molecule has 3 aliphatic rings. The lowest BCUT2D eigenvalue weighted by Gasteiger charge is -2.48. The second kappa shape index (κ2) is 11.5.